The van der Waals surface area contributed by atoms with Crippen molar-refractivity contribution < 1.29 is 0 Å². The maximum atomic E-state index is 10.9. The number of nitrogens with zero attached hydrogens (tertiary/aromatic N) is 5. The van der Waals surface area contributed by atoms with Gasteiger partial charge in [0.05, 0.1) is 49.9 Å². The maximum Gasteiger partial charge on any atom is 0.102 e. The van der Waals surface area contributed by atoms with Gasteiger partial charge in [0.1, 0.15) is 12.1 Å². The number of para-hydroxylation sites is 5. The molecule has 0 unspecified atom stereocenters. The normalized spacial score (nSPS) is 11.6. The van der Waals surface area contributed by atoms with E-state index in [0.717, 1.165) is 61.0 Å². The summed E-state index contributed by atoms with van der Waals surface area (Å²) in [5, 5.41) is 27.9. The minimum atomic E-state index is 0.547. The van der Waals surface area contributed by atoms with Crippen LogP contribution in [-0.2, 0) is 0 Å². The third-order valence-corrected chi connectivity index (χ3v) is 11.1. The topological polar surface area (TPSA) is 62.4 Å². The smallest absolute Gasteiger partial charge is 0.102 e. The summed E-state index contributed by atoms with van der Waals surface area (Å²) in [6, 6.07) is 66.0. The van der Waals surface area contributed by atoms with E-state index in [2.05, 4.69) is 153 Å². The zero-order valence-electron chi connectivity index (χ0n) is 29.5. The Balaban J connectivity index is 1.14. The molecule has 11 rings (SSSR count). The quantitative estimate of drug-likeness (QED) is 0.184. The van der Waals surface area contributed by atoms with Crippen LogP contribution in [0.15, 0.2) is 176 Å². The molecule has 254 valence electrons. The summed E-state index contributed by atoms with van der Waals surface area (Å²) < 4.78 is 6.78. The van der Waals surface area contributed by atoms with Crippen LogP contribution >= 0.6 is 0 Å². The van der Waals surface area contributed by atoms with Crippen LogP contribution in [0.1, 0.15) is 11.1 Å². The number of aromatic nitrogens is 3. The highest BCUT2D eigenvalue weighted by molar-refractivity contribution is 6.13. The van der Waals surface area contributed by atoms with E-state index in [4.69, 9.17) is 0 Å². The Labute approximate surface area is 316 Å². The van der Waals surface area contributed by atoms with Crippen LogP contribution in [0.4, 0.5) is 0 Å². The van der Waals surface area contributed by atoms with Crippen LogP contribution in [0, 0.1) is 22.7 Å². The molecule has 5 nitrogen and oxygen atoms in total. The number of hydrogen-bond acceptors (Lipinski definition) is 2. The van der Waals surface area contributed by atoms with Crippen molar-refractivity contribution in [3.05, 3.63) is 187 Å². The van der Waals surface area contributed by atoms with E-state index in [1.165, 1.54) is 32.6 Å². The highest BCUT2D eigenvalue weighted by Gasteiger charge is 2.21. The van der Waals surface area contributed by atoms with Crippen molar-refractivity contribution in [2.24, 2.45) is 0 Å². The fourth-order valence-corrected chi connectivity index (χ4v) is 8.83. The fourth-order valence-electron chi connectivity index (χ4n) is 8.83. The summed E-state index contributed by atoms with van der Waals surface area (Å²) in [6.07, 6.45) is 0. The molecule has 0 aliphatic carbocycles. The van der Waals surface area contributed by atoms with Crippen molar-refractivity contribution in [3.8, 4) is 40.3 Å². The first-order chi connectivity index (χ1) is 27.2. The van der Waals surface area contributed by atoms with E-state index < -0.39 is 0 Å². The number of fused-ring (bicyclic) bond motifs is 9. The first-order valence-electron chi connectivity index (χ1n) is 18.3. The molecule has 5 heteroatoms. The second-order valence-electron chi connectivity index (χ2n) is 14.0. The molecule has 3 heterocycles. The number of hydrogen-bond donors (Lipinski definition) is 0. The van der Waals surface area contributed by atoms with Gasteiger partial charge in [0.25, 0.3) is 0 Å². The molecule has 55 heavy (non-hydrogen) atoms. The molecular weight excluding hydrogens is 671 g/mol. The minimum Gasteiger partial charge on any atom is -0.309 e. The molecule has 0 N–H and O–H groups in total. The lowest BCUT2D eigenvalue weighted by atomic mass is 9.98. The van der Waals surface area contributed by atoms with Crippen molar-refractivity contribution in [2.75, 3.05) is 0 Å². The van der Waals surface area contributed by atoms with Gasteiger partial charge in [-0.25, -0.2) is 0 Å². The second kappa shape index (κ2) is 11.8. The molecule has 0 spiro atoms. The Hall–Kier alpha value is -7.86. The molecule has 0 aliphatic rings. The number of rotatable bonds is 4. The zero-order chi connectivity index (χ0) is 36.6. The lowest BCUT2D eigenvalue weighted by molar-refractivity contribution is 1.15. The van der Waals surface area contributed by atoms with E-state index in [1.54, 1.807) is 0 Å². The van der Waals surface area contributed by atoms with Crippen LogP contribution < -0.4 is 0 Å². The molecule has 0 fully saturated rings. The lowest BCUT2D eigenvalue weighted by Gasteiger charge is -2.15. The Kier molecular flexibility index (Phi) is 6.61. The van der Waals surface area contributed by atoms with Gasteiger partial charge in [-0.05, 0) is 66.2 Å². The largest absolute Gasteiger partial charge is 0.309 e. The molecular formula is C50H29N5. The monoisotopic (exact) mass is 699 g/mol. The van der Waals surface area contributed by atoms with Gasteiger partial charge in [-0.2, -0.15) is 10.5 Å². The van der Waals surface area contributed by atoms with Crippen LogP contribution in [0.25, 0.3) is 93.6 Å². The van der Waals surface area contributed by atoms with Gasteiger partial charge in [0.2, 0.25) is 0 Å². The molecule has 0 amide bonds. The fraction of sp³-hybridized carbons (Fsp3) is 0. The summed E-state index contributed by atoms with van der Waals surface area (Å²) in [5.41, 5.74) is 12.0. The van der Waals surface area contributed by atoms with Gasteiger partial charge in [-0.3, -0.25) is 0 Å². The highest BCUT2D eigenvalue weighted by Crippen LogP contribution is 2.40. The Morgan fingerprint density at radius 2 is 0.873 bits per heavy atom. The first-order valence-corrected chi connectivity index (χ1v) is 18.3. The van der Waals surface area contributed by atoms with Gasteiger partial charge in [0.15, 0.2) is 0 Å². The average Bonchev–Trinajstić information content (AvgIpc) is 3.89. The summed E-state index contributed by atoms with van der Waals surface area (Å²) >= 11 is 0. The van der Waals surface area contributed by atoms with E-state index in [-0.39, 0.29) is 0 Å². The third-order valence-electron chi connectivity index (χ3n) is 11.1. The van der Waals surface area contributed by atoms with Crippen molar-refractivity contribution in [2.45, 2.75) is 0 Å². The van der Waals surface area contributed by atoms with E-state index in [9.17, 15) is 10.5 Å². The predicted octanol–water partition coefficient (Wildman–Crippen LogP) is 12.4. The molecule has 3 aromatic heterocycles. The third kappa shape index (κ3) is 4.39. The summed E-state index contributed by atoms with van der Waals surface area (Å²) in [7, 11) is 0. The van der Waals surface area contributed by atoms with Crippen molar-refractivity contribution in [1.82, 2.24) is 13.7 Å². The molecule has 8 aromatic carbocycles. The number of nitriles is 2. The minimum absolute atomic E-state index is 0.547. The van der Waals surface area contributed by atoms with Gasteiger partial charge in [-0.1, -0.05) is 115 Å². The lowest BCUT2D eigenvalue weighted by Crippen LogP contribution is -2.01. The van der Waals surface area contributed by atoms with Crippen LogP contribution in [-0.4, -0.2) is 13.7 Å². The van der Waals surface area contributed by atoms with Gasteiger partial charge in [0, 0.05) is 49.3 Å². The average molecular weight is 700 g/mol. The Bertz CT molecular complexity index is 3420. The van der Waals surface area contributed by atoms with Crippen molar-refractivity contribution >= 4 is 65.4 Å². The van der Waals surface area contributed by atoms with Crippen molar-refractivity contribution in [1.29, 1.82) is 10.5 Å². The summed E-state index contributed by atoms with van der Waals surface area (Å²) in [6.45, 7) is 0. The van der Waals surface area contributed by atoms with E-state index in [1.807, 2.05) is 48.5 Å². The molecule has 0 saturated carbocycles. The molecule has 0 atom stereocenters. The standard InChI is InChI=1S/C50H29N5/c51-30-33-13-10-20-42-40-18-4-8-24-47(40)55(50(33)42)48-25-11-19-36(43(48)31-52)32-12-9-14-34(28-32)54-46-23-7-3-17-39(46)41-27-26-35(29-49(41)54)53-44-21-5-1-15-37(44)38-16-2-6-22-45(38)53/h1-29H. The molecule has 0 aliphatic heterocycles. The molecule has 0 radical (unpaired) electrons. The van der Waals surface area contributed by atoms with Crippen LogP contribution in [0.2, 0.25) is 0 Å². The first kappa shape index (κ1) is 30.7. The maximum absolute atomic E-state index is 10.9. The molecule has 11 aromatic rings. The number of benzene rings is 8. The van der Waals surface area contributed by atoms with Gasteiger partial charge in [-0.15, -0.1) is 0 Å². The SMILES string of the molecule is N#Cc1c(-c2cccc(-n3c4ccccc4c4ccc(-n5c6ccccc6c6ccccc65)cc43)c2)cccc1-n1c2ccccc2c2cccc(C#N)c21. The van der Waals surface area contributed by atoms with Gasteiger partial charge < -0.3 is 13.7 Å². The van der Waals surface area contributed by atoms with Gasteiger partial charge >= 0.3 is 0 Å². The Morgan fingerprint density at radius 1 is 0.364 bits per heavy atom. The second-order valence-corrected chi connectivity index (χ2v) is 14.0. The van der Waals surface area contributed by atoms with Crippen LogP contribution in [0.5, 0.6) is 0 Å². The molecule has 0 saturated heterocycles. The summed E-state index contributed by atoms with van der Waals surface area (Å²) in [5.74, 6) is 0. The zero-order valence-corrected chi connectivity index (χ0v) is 29.5. The highest BCUT2D eigenvalue weighted by atomic mass is 15.0. The Morgan fingerprint density at radius 3 is 1.51 bits per heavy atom. The van der Waals surface area contributed by atoms with E-state index in [0.29, 0.717) is 11.1 Å². The van der Waals surface area contributed by atoms with E-state index >= 15 is 0 Å². The molecule has 0 bridgehead atoms. The summed E-state index contributed by atoms with van der Waals surface area (Å²) in [4.78, 5) is 0. The van der Waals surface area contributed by atoms with Crippen molar-refractivity contribution in [3.63, 3.8) is 0 Å². The predicted molar refractivity (Wildman–Crippen MR) is 224 cm³/mol. The van der Waals surface area contributed by atoms with Crippen LogP contribution in [0.3, 0.4) is 0 Å².